The highest BCUT2D eigenvalue weighted by molar-refractivity contribution is 5.79. The van der Waals surface area contributed by atoms with E-state index in [9.17, 15) is 9.18 Å². The number of hydrogen-bond acceptors (Lipinski definition) is 6. The number of carbonyl (C=O) groups excluding carboxylic acids is 1. The van der Waals surface area contributed by atoms with Crippen LogP contribution in [0.4, 0.5) is 21.8 Å². The van der Waals surface area contributed by atoms with Crippen molar-refractivity contribution in [3.8, 4) is 5.75 Å². The van der Waals surface area contributed by atoms with Crippen LogP contribution in [-0.4, -0.2) is 28.5 Å². The van der Waals surface area contributed by atoms with Gasteiger partial charge >= 0.3 is 0 Å². The molecule has 0 saturated heterocycles. The molecular formula is C21H22FN5O2. The van der Waals surface area contributed by atoms with Gasteiger partial charge in [-0.15, -0.1) is 6.58 Å². The maximum absolute atomic E-state index is 14.5. The van der Waals surface area contributed by atoms with E-state index in [4.69, 9.17) is 10.5 Å². The first kappa shape index (κ1) is 18.9. The molecule has 29 heavy (non-hydrogen) atoms. The van der Waals surface area contributed by atoms with Crippen molar-refractivity contribution < 1.29 is 13.9 Å². The Morgan fingerprint density at radius 3 is 3.07 bits per heavy atom. The standard InChI is InChI=1S/C21H22FN5O2/c1-2-12-9-13-5-4-8-29-15-7-3-6-14(10-15)25-21-24-11-16(22)20(27-21)26-18(13)17(12)19(23)28/h2-7,10-13,17-18H,1,8-9H2,(H2,23,28)(H2,24,25,26,27)/b5-4-/t12?,13?,17-,18+/m0/s1. The van der Waals surface area contributed by atoms with Crippen LogP contribution in [-0.2, 0) is 4.79 Å². The van der Waals surface area contributed by atoms with Gasteiger partial charge in [0, 0.05) is 17.8 Å². The lowest BCUT2D eigenvalue weighted by Gasteiger charge is -2.25. The third kappa shape index (κ3) is 3.91. The van der Waals surface area contributed by atoms with E-state index in [1.807, 2.05) is 36.4 Å². The molecule has 2 unspecified atom stereocenters. The summed E-state index contributed by atoms with van der Waals surface area (Å²) in [6.07, 6.45) is 7.37. The van der Waals surface area contributed by atoms with Gasteiger partial charge in [0.25, 0.3) is 0 Å². The Morgan fingerprint density at radius 2 is 2.28 bits per heavy atom. The van der Waals surface area contributed by atoms with E-state index in [2.05, 4.69) is 27.2 Å². The second-order valence-electron chi connectivity index (χ2n) is 7.18. The van der Waals surface area contributed by atoms with Crippen LogP contribution in [0.25, 0.3) is 0 Å². The predicted molar refractivity (Wildman–Crippen MR) is 108 cm³/mol. The van der Waals surface area contributed by atoms with Gasteiger partial charge in [0.15, 0.2) is 11.6 Å². The molecule has 2 aliphatic rings. The number of nitrogens with zero attached hydrogens (tertiary/aromatic N) is 2. The maximum atomic E-state index is 14.5. The molecule has 1 aromatic heterocycles. The smallest absolute Gasteiger partial charge is 0.229 e. The largest absolute Gasteiger partial charge is 0.489 e. The van der Waals surface area contributed by atoms with Gasteiger partial charge in [0.2, 0.25) is 11.9 Å². The average molecular weight is 395 g/mol. The van der Waals surface area contributed by atoms with Gasteiger partial charge in [-0.1, -0.05) is 24.3 Å². The number of anilines is 3. The molecule has 1 amide bonds. The van der Waals surface area contributed by atoms with Gasteiger partial charge in [-0.05, 0) is 30.4 Å². The minimum absolute atomic E-state index is 0.0197. The van der Waals surface area contributed by atoms with Gasteiger partial charge < -0.3 is 21.1 Å². The van der Waals surface area contributed by atoms with Crippen molar-refractivity contribution in [1.29, 1.82) is 0 Å². The zero-order valence-corrected chi connectivity index (χ0v) is 15.7. The third-order valence-corrected chi connectivity index (χ3v) is 5.35. The molecule has 4 rings (SSSR count). The van der Waals surface area contributed by atoms with Gasteiger partial charge in [0.05, 0.1) is 12.1 Å². The number of fused-ring (bicyclic) bond motifs is 5. The number of aromatic nitrogens is 2. The van der Waals surface area contributed by atoms with E-state index >= 15 is 0 Å². The van der Waals surface area contributed by atoms with E-state index in [0.717, 1.165) is 6.20 Å². The Hall–Kier alpha value is -3.42. The van der Waals surface area contributed by atoms with Crippen molar-refractivity contribution in [1.82, 2.24) is 9.97 Å². The zero-order valence-electron chi connectivity index (χ0n) is 15.7. The van der Waals surface area contributed by atoms with Crippen LogP contribution in [0.5, 0.6) is 5.75 Å². The first-order chi connectivity index (χ1) is 14.0. The minimum atomic E-state index is -0.604. The zero-order chi connectivity index (χ0) is 20.4. The van der Waals surface area contributed by atoms with Crippen molar-refractivity contribution >= 4 is 23.4 Å². The molecule has 1 aromatic carbocycles. The Balaban J connectivity index is 1.76. The average Bonchev–Trinajstić information content (AvgIpc) is 3.05. The fraction of sp³-hybridized carbons (Fsp3) is 0.286. The van der Waals surface area contributed by atoms with Crippen LogP contribution in [0.2, 0.25) is 0 Å². The monoisotopic (exact) mass is 395 g/mol. The van der Waals surface area contributed by atoms with Crippen LogP contribution in [0.3, 0.4) is 0 Å². The fourth-order valence-electron chi connectivity index (χ4n) is 4.02. The number of hydrogen-bond donors (Lipinski definition) is 3. The van der Waals surface area contributed by atoms with E-state index in [-0.39, 0.29) is 23.6 Å². The van der Waals surface area contributed by atoms with Crippen molar-refractivity contribution in [2.75, 3.05) is 17.2 Å². The van der Waals surface area contributed by atoms with Crippen LogP contribution in [0.15, 0.2) is 55.3 Å². The van der Waals surface area contributed by atoms with Crippen LogP contribution in [0.1, 0.15) is 6.42 Å². The molecule has 4 atom stereocenters. The summed E-state index contributed by atoms with van der Waals surface area (Å²) in [7, 11) is 0. The number of carbonyl (C=O) groups is 1. The summed E-state index contributed by atoms with van der Waals surface area (Å²) < 4.78 is 20.2. The number of amides is 1. The number of ether oxygens (including phenoxy) is 1. The number of halogens is 1. The van der Waals surface area contributed by atoms with E-state index in [0.29, 0.717) is 24.5 Å². The second kappa shape index (κ2) is 7.90. The number of benzene rings is 1. The Kier molecular flexibility index (Phi) is 5.16. The van der Waals surface area contributed by atoms with Gasteiger partial charge in [-0.2, -0.15) is 4.98 Å². The molecule has 1 saturated carbocycles. The van der Waals surface area contributed by atoms with Gasteiger partial charge in [-0.25, -0.2) is 9.37 Å². The van der Waals surface area contributed by atoms with E-state index in [1.54, 1.807) is 6.08 Å². The van der Waals surface area contributed by atoms with Gasteiger partial charge in [0.1, 0.15) is 12.4 Å². The molecule has 1 aliphatic heterocycles. The molecule has 7 nitrogen and oxygen atoms in total. The number of primary amides is 1. The summed E-state index contributed by atoms with van der Waals surface area (Å²) in [6.45, 7) is 4.20. The molecule has 150 valence electrons. The molecule has 1 fully saturated rings. The summed E-state index contributed by atoms with van der Waals surface area (Å²) in [5.41, 5.74) is 6.38. The quantitative estimate of drug-likeness (QED) is 0.676. The summed E-state index contributed by atoms with van der Waals surface area (Å²) in [4.78, 5) is 20.4. The van der Waals surface area contributed by atoms with Crippen molar-refractivity contribution in [3.05, 3.63) is 61.1 Å². The van der Waals surface area contributed by atoms with Crippen molar-refractivity contribution in [2.45, 2.75) is 12.5 Å². The van der Waals surface area contributed by atoms with Gasteiger partial charge in [-0.3, -0.25) is 4.79 Å². The summed E-state index contributed by atoms with van der Waals surface area (Å²) in [5, 5.41) is 6.14. The van der Waals surface area contributed by atoms with Crippen LogP contribution < -0.4 is 21.1 Å². The number of rotatable bonds is 2. The minimum Gasteiger partial charge on any atom is -0.489 e. The number of allylic oxidation sites excluding steroid dienone is 1. The van der Waals surface area contributed by atoms with Crippen LogP contribution in [0, 0.1) is 23.6 Å². The Bertz CT molecular complexity index is 964. The Labute approximate surface area is 167 Å². The molecule has 1 aliphatic carbocycles. The SMILES string of the molecule is C=CC1CC2/C=C\COc3cccc(c3)Nc3ncc(F)c(n3)N[C@H]2[C@H]1C(N)=O. The maximum Gasteiger partial charge on any atom is 0.229 e. The van der Waals surface area contributed by atoms with E-state index in [1.165, 1.54) is 0 Å². The molecular weight excluding hydrogens is 373 g/mol. The third-order valence-electron chi connectivity index (χ3n) is 5.35. The molecule has 4 N–H and O–H groups in total. The molecule has 8 heteroatoms. The first-order valence-corrected chi connectivity index (χ1v) is 9.42. The lowest BCUT2D eigenvalue weighted by atomic mass is 9.92. The number of nitrogens with one attached hydrogen (secondary N) is 2. The summed E-state index contributed by atoms with van der Waals surface area (Å²) in [6, 6.07) is 6.91. The molecule has 2 aromatic rings. The molecule has 0 spiro atoms. The fourth-order valence-corrected chi connectivity index (χ4v) is 4.02. The highest BCUT2D eigenvalue weighted by Crippen LogP contribution is 2.40. The summed E-state index contributed by atoms with van der Waals surface area (Å²) in [5.74, 6) is -0.854. The molecule has 2 heterocycles. The van der Waals surface area contributed by atoms with Crippen LogP contribution >= 0.6 is 0 Å². The highest BCUT2D eigenvalue weighted by atomic mass is 19.1. The van der Waals surface area contributed by atoms with Crippen molar-refractivity contribution in [2.24, 2.45) is 23.5 Å². The number of nitrogens with two attached hydrogens (primary N) is 1. The topological polar surface area (TPSA) is 102 Å². The molecule has 0 radical (unpaired) electrons. The highest BCUT2D eigenvalue weighted by Gasteiger charge is 2.44. The lowest BCUT2D eigenvalue weighted by molar-refractivity contribution is -0.122. The lowest BCUT2D eigenvalue weighted by Crippen LogP contribution is -2.40. The first-order valence-electron chi connectivity index (χ1n) is 9.42. The normalized spacial score (nSPS) is 26.7. The summed E-state index contributed by atoms with van der Waals surface area (Å²) >= 11 is 0. The Morgan fingerprint density at radius 1 is 1.41 bits per heavy atom. The predicted octanol–water partition coefficient (Wildman–Crippen LogP) is 3.01. The van der Waals surface area contributed by atoms with E-state index < -0.39 is 23.7 Å². The second-order valence-corrected chi connectivity index (χ2v) is 7.18. The van der Waals surface area contributed by atoms with Crippen molar-refractivity contribution in [3.63, 3.8) is 0 Å². The molecule has 4 bridgehead atoms.